The third-order valence-electron chi connectivity index (χ3n) is 3.69. The summed E-state index contributed by atoms with van der Waals surface area (Å²) >= 11 is 1.61. The zero-order chi connectivity index (χ0) is 15.9. The topological polar surface area (TPSA) is 76.9 Å². The van der Waals surface area contributed by atoms with Crippen LogP contribution in [0.3, 0.4) is 0 Å². The van der Waals surface area contributed by atoms with Crippen molar-refractivity contribution in [2.24, 2.45) is 0 Å². The van der Waals surface area contributed by atoms with Crippen LogP contribution in [-0.2, 0) is 10.0 Å². The van der Waals surface area contributed by atoms with Crippen LogP contribution in [0.1, 0.15) is 62.3 Å². The quantitative estimate of drug-likeness (QED) is 0.877. The van der Waals surface area contributed by atoms with E-state index in [2.05, 4.69) is 14.7 Å². The lowest BCUT2D eigenvalue weighted by atomic mass is 10.3. The van der Waals surface area contributed by atoms with Crippen molar-refractivity contribution in [3.05, 3.63) is 28.6 Å². The molecule has 2 heterocycles. The molecule has 8 heteroatoms. The van der Waals surface area contributed by atoms with Crippen molar-refractivity contribution < 1.29 is 8.42 Å². The van der Waals surface area contributed by atoms with Crippen LogP contribution in [0, 0.1) is 0 Å². The van der Waals surface area contributed by atoms with Crippen LogP contribution in [-0.4, -0.2) is 23.0 Å². The van der Waals surface area contributed by atoms with Gasteiger partial charge in [0.15, 0.2) is 5.03 Å². The molecule has 22 heavy (non-hydrogen) atoms. The van der Waals surface area contributed by atoms with Gasteiger partial charge in [0.05, 0.1) is 23.1 Å². The summed E-state index contributed by atoms with van der Waals surface area (Å²) in [4.78, 5) is 8.54. The van der Waals surface area contributed by atoms with Crippen molar-refractivity contribution >= 4 is 21.4 Å². The molecule has 1 N–H and O–H groups in total. The predicted molar refractivity (Wildman–Crippen MR) is 85.4 cm³/mol. The van der Waals surface area contributed by atoms with Gasteiger partial charge in [-0.25, -0.2) is 23.1 Å². The molecule has 1 aliphatic carbocycles. The molecule has 1 aliphatic rings. The SMILES string of the molecule is CC(C)n1cnc(S(=O)(=O)N[C@@H](C)c2csc(C3CC3)n2)c1. The number of hydrogen-bond donors (Lipinski definition) is 1. The van der Waals surface area contributed by atoms with Gasteiger partial charge in [-0.05, 0) is 33.6 Å². The van der Waals surface area contributed by atoms with Gasteiger partial charge >= 0.3 is 0 Å². The van der Waals surface area contributed by atoms with Crippen LogP contribution >= 0.6 is 11.3 Å². The van der Waals surface area contributed by atoms with Crippen LogP contribution in [0.2, 0.25) is 0 Å². The van der Waals surface area contributed by atoms with Crippen LogP contribution in [0.4, 0.5) is 0 Å². The first-order valence-electron chi connectivity index (χ1n) is 7.38. The molecule has 0 bridgehead atoms. The molecule has 1 fully saturated rings. The lowest BCUT2D eigenvalue weighted by Gasteiger charge is -2.10. The van der Waals surface area contributed by atoms with Crippen LogP contribution in [0.5, 0.6) is 0 Å². The molecule has 1 atom stereocenters. The Balaban J connectivity index is 1.74. The van der Waals surface area contributed by atoms with Gasteiger partial charge in [-0.2, -0.15) is 0 Å². The Morgan fingerprint density at radius 1 is 1.36 bits per heavy atom. The summed E-state index contributed by atoms with van der Waals surface area (Å²) in [6.45, 7) is 5.76. The maximum atomic E-state index is 12.4. The Labute approximate surface area is 134 Å². The number of aromatic nitrogens is 3. The van der Waals surface area contributed by atoms with E-state index in [1.54, 1.807) is 22.1 Å². The van der Waals surface area contributed by atoms with Crippen LogP contribution < -0.4 is 4.72 Å². The first-order valence-corrected chi connectivity index (χ1v) is 9.74. The number of rotatable bonds is 6. The molecular formula is C14H20N4O2S2. The Hall–Kier alpha value is -1.25. The van der Waals surface area contributed by atoms with Gasteiger partial charge in [-0.3, -0.25) is 0 Å². The molecule has 0 aromatic carbocycles. The molecule has 0 amide bonds. The smallest absolute Gasteiger partial charge is 0.260 e. The normalized spacial score (nSPS) is 17.1. The van der Waals surface area contributed by atoms with Crippen molar-refractivity contribution in [1.82, 2.24) is 19.3 Å². The zero-order valence-corrected chi connectivity index (χ0v) is 14.5. The minimum Gasteiger partial charge on any atom is -0.334 e. The van der Waals surface area contributed by atoms with Crippen LogP contribution in [0.15, 0.2) is 22.9 Å². The molecule has 2 aromatic heterocycles. The summed E-state index contributed by atoms with van der Waals surface area (Å²) in [5, 5.41) is 3.10. The van der Waals surface area contributed by atoms with E-state index in [-0.39, 0.29) is 17.1 Å². The van der Waals surface area contributed by atoms with E-state index in [4.69, 9.17) is 0 Å². The van der Waals surface area contributed by atoms with E-state index in [9.17, 15) is 8.42 Å². The van der Waals surface area contributed by atoms with Crippen molar-refractivity contribution in [3.63, 3.8) is 0 Å². The number of hydrogen-bond acceptors (Lipinski definition) is 5. The first kappa shape index (κ1) is 15.6. The summed E-state index contributed by atoms with van der Waals surface area (Å²) in [7, 11) is -3.63. The van der Waals surface area contributed by atoms with Gasteiger partial charge in [0, 0.05) is 23.5 Å². The van der Waals surface area contributed by atoms with Gasteiger partial charge in [0.25, 0.3) is 10.0 Å². The monoisotopic (exact) mass is 340 g/mol. The van der Waals surface area contributed by atoms with Crippen molar-refractivity contribution in [2.75, 3.05) is 0 Å². The highest BCUT2D eigenvalue weighted by atomic mass is 32.2. The second kappa shape index (κ2) is 5.75. The number of nitrogens with one attached hydrogen (secondary N) is 1. The summed E-state index contributed by atoms with van der Waals surface area (Å²) in [5.41, 5.74) is 0.777. The molecule has 0 radical (unpaired) electrons. The fourth-order valence-corrected chi connectivity index (χ4v) is 4.35. The standard InChI is InChI=1S/C14H20N4O2S2/c1-9(2)18-6-13(15-8-18)22(19,20)17-10(3)12-7-21-14(16-12)11-4-5-11/h6-11,17H,4-5H2,1-3H3/t10-/m0/s1. The highest BCUT2D eigenvalue weighted by Crippen LogP contribution is 2.41. The minimum absolute atomic E-state index is 0.0469. The molecule has 0 unspecified atom stereocenters. The second-order valence-corrected chi connectivity index (χ2v) is 8.53. The van der Waals surface area contributed by atoms with Crippen molar-refractivity contribution in [3.8, 4) is 0 Å². The van der Waals surface area contributed by atoms with E-state index >= 15 is 0 Å². The van der Waals surface area contributed by atoms with E-state index in [1.807, 2.05) is 26.2 Å². The maximum absolute atomic E-state index is 12.4. The van der Waals surface area contributed by atoms with E-state index in [0.29, 0.717) is 5.92 Å². The molecule has 3 rings (SSSR count). The van der Waals surface area contributed by atoms with Gasteiger partial charge in [-0.15, -0.1) is 11.3 Å². The number of thiazole rings is 1. The average molecular weight is 340 g/mol. The van der Waals surface area contributed by atoms with E-state index < -0.39 is 10.0 Å². The zero-order valence-electron chi connectivity index (χ0n) is 12.9. The summed E-state index contributed by atoms with van der Waals surface area (Å²) in [6.07, 6.45) is 5.48. The minimum atomic E-state index is -3.63. The van der Waals surface area contributed by atoms with Crippen LogP contribution in [0.25, 0.3) is 0 Å². The average Bonchev–Trinajstić information content (AvgIpc) is 2.99. The van der Waals surface area contributed by atoms with E-state index in [0.717, 1.165) is 10.7 Å². The van der Waals surface area contributed by atoms with Crippen molar-refractivity contribution in [1.29, 1.82) is 0 Å². The molecule has 0 spiro atoms. The fraction of sp³-hybridized carbons (Fsp3) is 0.571. The highest BCUT2D eigenvalue weighted by Gasteiger charge is 2.28. The maximum Gasteiger partial charge on any atom is 0.260 e. The summed E-state index contributed by atoms with van der Waals surface area (Å²) < 4.78 is 29.2. The molecule has 6 nitrogen and oxygen atoms in total. The molecule has 0 saturated heterocycles. The first-order chi connectivity index (χ1) is 10.4. The third-order valence-corrected chi connectivity index (χ3v) is 6.14. The summed E-state index contributed by atoms with van der Waals surface area (Å²) in [5.74, 6) is 0.587. The second-order valence-electron chi connectivity index (χ2n) is 5.98. The lowest BCUT2D eigenvalue weighted by molar-refractivity contribution is 0.560. The van der Waals surface area contributed by atoms with E-state index in [1.165, 1.54) is 19.2 Å². The Morgan fingerprint density at radius 3 is 2.68 bits per heavy atom. The van der Waals surface area contributed by atoms with Gasteiger partial charge in [0.2, 0.25) is 0 Å². The Morgan fingerprint density at radius 2 is 2.09 bits per heavy atom. The van der Waals surface area contributed by atoms with Gasteiger partial charge in [0.1, 0.15) is 0 Å². The number of nitrogens with zero attached hydrogens (tertiary/aromatic N) is 3. The largest absolute Gasteiger partial charge is 0.334 e. The lowest BCUT2D eigenvalue weighted by Crippen LogP contribution is -2.27. The predicted octanol–water partition coefficient (Wildman–Crippen LogP) is 2.84. The fourth-order valence-electron chi connectivity index (χ4n) is 2.11. The molecule has 2 aromatic rings. The molecular weight excluding hydrogens is 320 g/mol. The van der Waals surface area contributed by atoms with Gasteiger partial charge in [-0.1, -0.05) is 0 Å². The molecule has 0 aliphatic heterocycles. The third kappa shape index (κ3) is 3.23. The molecule has 1 saturated carbocycles. The Kier molecular flexibility index (Phi) is 4.09. The molecule has 120 valence electrons. The Bertz CT molecular complexity index is 759. The van der Waals surface area contributed by atoms with Crippen molar-refractivity contribution in [2.45, 2.75) is 56.6 Å². The number of sulfonamides is 1. The number of imidazole rings is 1. The highest BCUT2D eigenvalue weighted by molar-refractivity contribution is 7.89. The summed E-state index contributed by atoms with van der Waals surface area (Å²) in [6, 6.07) is -0.188. The van der Waals surface area contributed by atoms with Gasteiger partial charge < -0.3 is 4.57 Å².